The molecule has 0 unspecified atom stereocenters. The molecule has 6 nitrogen and oxygen atoms in total. The average molecular weight is 1330 g/mol. The molecule has 0 bridgehead atoms. The van der Waals surface area contributed by atoms with Gasteiger partial charge in [0.15, 0.2) is 11.6 Å². The minimum atomic E-state index is 0.669. The van der Waals surface area contributed by atoms with Crippen LogP contribution in [0.25, 0.3) is 190 Å². The number of rotatable bonds is 14. The van der Waals surface area contributed by atoms with Gasteiger partial charge in [0.1, 0.15) is 0 Å². The molecule has 0 N–H and O–H groups in total. The first-order valence-electron chi connectivity index (χ1n) is 35.3. The Morgan fingerprint density at radius 3 is 0.625 bits per heavy atom. The molecule has 19 aromatic rings. The lowest BCUT2D eigenvalue weighted by Crippen LogP contribution is -2.04. The molecule has 19 rings (SSSR count). The lowest BCUT2D eigenvalue weighted by atomic mass is 9.93. The fourth-order valence-corrected chi connectivity index (χ4v) is 15.0. The summed E-state index contributed by atoms with van der Waals surface area (Å²) in [5.74, 6) is 1.34. The summed E-state index contributed by atoms with van der Waals surface area (Å²) in [7, 11) is 0. The van der Waals surface area contributed by atoms with Gasteiger partial charge in [-0.05, 0) is 128 Å². The van der Waals surface area contributed by atoms with E-state index in [9.17, 15) is 0 Å². The second-order valence-electron chi connectivity index (χ2n) is 26.5. The predicted octanol–water partition coefficient (Wildman–Crippen LogP) is 25.5. The Hall–Kier alpha value is -13.9. The normalized spacial score (nSPS) is 11.5. The number of nitrogens with zero attached hydrogens (tertiary/aromatic N) is 6. The molecule has 0 atom stereocenters. The van der Waals surface area contributed by atoms with E-state index in [-0.39, 0.29) is 0 Å². The molecule has 0 saturated heterocycles. The molecule has 6 heteroatoms. The van der Waals surface area contributed by atoms with E-state index < -0.39 is 0 Å². The first-order chi connectivity index (χ1) is 51.5. The molecule has 4 aromatic heterocycles. The van der Waals surface area contributed by atoms with Crippen LogP contribution in [0.1, 0.15) is 0 Å². The van der Waals surface area contributed by atoms with Crippen molar-refractivity contribution in [2.45, 2.75) is 0 Å². The monoisotopic (exact) mass is 1320 g/mol. The Kier molecular flexibility index (Phi) is 15.5. The Morgan fingerprint density at radius 1 is 0.154 bits per heavy atom. The Morgan fingerprint density at radius 2 is 0.365 bits per heavy atom. The zero-order valence-electron chi connectivity index (χ0n) is 56.6. The SMILES string of the molecule is c1ccc(-c2ccc3c(c2)c2cc(-c4ccccc4)ccc2n3-c2cc(-n3c4ccc(-c5ccccc5)cc4c4cc(-c5ccccc5)ccc43)c(-c3ccc(-c4cc(-c5ccccc5)nc(-c5ccccc5)n4)cc3)cc2-c2ccc(-c3cc(-c4ccccc4)nc(-c4ccccc4)n3)cc2)cc1. The van der Waals surface area contributed by atoms with Crippen molar-refractivity contribution in [3.8, 4) is 146 Å². The molecule has 0 saturated carbocycles. The third-order valence-electron chi connectivity index (χ3n) is 20.2. The minimum Gasteiger partial charge on any atom is -0.309 e. The lowest BCUT2D eigenvalue weighted by molar-refractivity contribution is 1.14. The molecule has 0 aliphatic heterocycles. The van der Waals surface area contributed by atoms with Gasteiger partial charge in [-0.15, -0.1) is 0 Å². The highest BCUT2D eigenvalue weighted by atomic mass is 15.0. The van der Waals surface area contributed by atoms with Gasteiger partial charge < -0.3 is 9.13 Å². The van der Waals surface area contributed by atoms with Gasteiger partial charge in [0.05, 0.1) is 56.2 Å². The van der Waals surface area contributed by atoms with Crippen LogP contribution in [0, 0.1) is 0 Å². The summed E-state index contributed by atoms with van der Waals surface area (Å²) >= 11 is 0. The van der Waals surface area contributed by atoms with Gasteiger partial charge in [-0.3, -0.25) is 0 Å². The van der Waals surface area contributed by atoms with E-state index in [1.807, 2.05) is 48.5 Å². The maximum atomic E-state index is 5.32. The van der Waals surface area contributed by atoms with Crippen LogP contribution in [0.2, 0.25) is 0 Å². The van der Waals surface area contributed by atoms with Gasteiger partial charge in [0.2, 0.25) is 0 Å². The Bertz CT molecular complexity index is 5680. The molecule has 4 heterocycles. The van der Waals surface area contributed by atoms with Crippen LogP contribution in [0.3, 0.4) is 0 Å². The summed E-state index contributed by atoms with van der Waals surface area (Å²) in [4.78, 5) is 21.0. The second-order valence-corrected chi connectivity index (χ2v) is 26.5. The molecule has 0 amide bonds. The standard InChI is InChI=1S/C98H64N6/c1-9-25-65(26-10-1)77-49-53-91-83(57-77)84-58-78(66-27-11-2-12-28-66)50-54-92(84)103(91)95-64-96(104-93-55-51-79(67-29-13-3-14-30-67)59-85(93)86-60-80(52-56-94(86)104)68-31-15-4-16-32-68)82(70-43-47-74(48-44-70)90-63-88(72-35-19-6-20-36-72)100-98(102-90)76-39-23-8-24-40-76)61-81(95)69-41-45-73(46-42-69)89-62-87(71-33-17-5-18-34-71)99-97(101-89)75-37-21-7-22-38-75/h1-64H. The largest absolute Gasteiger partial charge is 0.309 e. The van der Waals surface area contributed by atoms with Crippen molar-refractivity contribution in [2.75, 3.05) is 0 Å². The van der Waals surface area contributed by atoms with Crippen LogP contribution in [-0.4, -0.2) is 29.1 Å². The molecule has 0 spiro atoms. The highest BCUT2D eigenvalue weighted by molar-refractivity contribution is 6.14. The van der Waals surface area contributed by atoms with Crippen molar-refractivity contribution in [1.29, 1.82) is 0 Å². The Balaban J connectivity index is 0.893. The number of aromatic nitrogens is 6. The fourth-order valence-electron chi connectivity index (χ4n) is 15.0. The minimum absolute atomic E-state index is 0.669. The van der Waals surface area contributed by atoms with E-state index in [4.69, 9.17) is 19.9 Å². The number of hydrogen-bond donors (Lipinski definition) is 0. The van der Waals surface area contributed by atoms with Crippen molar-refractivity contribution in [3.63, 3.8) is 0 Å². The van der Waals surface area contributed by atoms with E-state index in [1.54, 1.807) is 0 Å². The molecule has 15 aromatic carbocycles. The summed E-state index contributed by atoms with van der Waals surface area (Å²) < 4.78 is 5.05. The summed E-state index contributed by atoms with van der Waals surface area (Å²) in [6.07, 6.45) is 0. The summed E-state index contributed by atoms with van der Waals surface area (Å²) in [5.41, 5.74) is 29.1. The number of fused-ring (bicyclic) bond motifs is 6. The van der Waals surface area contributed by atoms with Crippen LogP contribution in [-0.2, 0) is 0 Å². The van der Waals surface area contributed by atoms with E-state index in [2.05, 4.69) is 349 Å². The van der Waals surface area contributed by atoms with Crippen LogP contribution < -0.4 is 0 Å². The molecule has 486 valence electrons. The first-order valence-corrected chi connectivity index (χ1v) is 35.3. The zero-order chi connectivity index (χ0) is 68.9. The molecule has 104 heavy (non-hydrogen) atoms. The van der Waals surface area contributed by atoms with Crippen LogP contribution in [0.4, 0.5) is 0 Å². The molecule has 0 aliphatic rings. The van der Waals surface area contributed by atoms with E-state index >= 15 is 0 Å². The predicted molar refractivity (Wildman–Crippen MR) is 432 cm³/mol. The second kappa shape index (κ2) is 26.3. The average Bonchev–Trinajstić information content (AvgIpc) is 1.50. The molecular formula is C98H64N6. The maximum absolute atomic E-state index is 5.32. The third-order valence-corrected chi connectivity index (χ3v) is 20.2. The van der Waals surface area contributed by atoms with Crippen LogP contribution >= 0.6 is 0 Å². The topological polar surface area (TPSA) is 61.4 Å². The summed E-state index contributed by atoms with van der Waals surface area (Å²) in [5, 5.41) is 4.62. The maximum Gasteiger partial charge on any atom is 0.160 e. The highest BCUT2D eigenvalue weighted by Crippen LogP contribution is 2.47. The van der Waals surface area contributed by atoms with Crippen molar-refractivity contribution in [1.82, 2.24) is 29.1 Å². The van der Waals surface area contributed by atoms with E-state index in [0.717, 1.165) is 178 Å². The molecular weight excluding hydrogens is 1260 g/mol. The van der Waals surface area contributed by atoms with E-state index in [1.165, 1.54) is 0 Å². The van der Waals surface area contributed by atoms with Crippen molar-refractivity contribution in [2.24, 2.45) is 0 Å². The van der Waals surface area contributed by atoms with Gasteiger partial charge in [-0.25, -0.2) is 19.9 Å². The smallest absolute Gasteiger partial charge is 0.160 e. The summed E-state index contributed by atoms with van der Waals surface area (Å²) in [6.45, 7) is 0. The van der Waals surface area contributed by atoms with E-state index in [0.29, 0.717) is 11.6 Å². The molecule has 0 fully saturated rings. The highest BCUT2D eigenvalue weighted by Gasteiger charge is 2.25. The molecule has 0 radical (unpaired) electrons. The van der Waals surface area contributed by atoms with Gasteiger partial charge >= 0.3 is 0 Å². The molecule has 0 aliphatic carbocycles. The van der Waals surface area contributed by atoms with Gasteiger partial charge in [-0.2, -0.15) is 0 Å². The van der Waals surface area contributed by atoms with Crippen molar-refractivity contribution < 1.29 is 0 Å². The summed E-state index contributed by atoms with van der Waals surface area (Å²) in [6, 6.07) is 140. The number of benzene rings is 15. The van der Waals surface area contributed by atoms with Gasteiger partial charge in [-0.1, -0.05) is 315 Å². The fraction of sp³-hybridized carbons (Fsp3) is 0. The van der Waals surface area contributed by atoms with Crippen LogP contribution in [0.15, 0.2) is 388 Å². The van der Waals surface area contributed by atoms with Crippen molar-refractivity contribution in [3.05, 3.63) is 388 Å². The van der Waals surface area contributed by atoms with Gasteiger partial charge in [0, 0.05) is 66.1 Å². The first kappa shape index (κ1) is 61.2. The van der Waals surface area contributed by atoms with Crippen molar-refractivity contribution >= 4 is 43.6 Å². The van der Waals surface area contributed by atoms with Crippen LogP contribution in [0.5, 0.6) is 0 Å². The lowest BCUT2D eigenvalue weighted by Gasteiger charge is -2.22. The van der Waals surface area contributed by atoms with Gasteiger partial charge in [0.25, 0.3) is 0 Å². The third kappa shape index (κ3) is 11.4. The number of hydrogen-bond acceptors (Lipinski definition) is 4. The quantitative estimate of drug-likeness (QED) is 0.109. The zero-order valence-corrected chi connectivity index (χ0v) is 56.6. The Labute approximate surface area is 603 Å².